The van der Waals surface area contributed by atoms with E-state index in [2.05, 4.69) is 36.2 Å². The normalized spacial score (nSPS) is 10.6. The van der Waals surface area contributed by atoms with Gasteiger partial charge in [-0.1, -0.05) is 22.9 Å². The smallest absolute Gasteiger partial charge is 0.214 e. The van der Waals surface area contributed by atoms with Crippen LogP contribution in [0.15, 0.2) is 47.5 Å². The van der Waals surface area contributed by atoms with Crippen molar-refractivity contribution in [1.82, 2.24) is 25.0 Å². The monoisotopic (exact) mass is 365 g/mol. The second-order valence-corrected chi connectivity index (χ2v) is 5.28. The molecule has 0 spiro atoms. The molecule has 21 heavy (non-hydrogen) atoms. The molecule has 0 saturated carbocycles. The van der Waals surface area contributed by atoms with Gasteiger partial charge in [0.1, 0.15) is 11.2 Å². The summed E-state index contributed by atoms with van der Waals surface area (Å²) >= 11 is 9.50. The summed E-state index contributed by atoms with van der Waals surface area (Å²) in [7, 11) is 0. The van der Waals surface area contributed by atoms with Gasteiger partial charge in [-0.3, -0.25) is 4.98 Å². The van der Waals surface area contributed by atoms with Crippen molar-refractivity contribution >= 4 is 27.5 Å². The lowest BCUT2D eigenvalue weighted by Gasteiger charge is -2.08. The van der Waals surface area contributed by atoms with E-state index in [0.29, 0.717) is 21.2 Å². The highest BCUT2D eigenvalue weighted by molar-refractivity contribution is 9.10. The first-order valence-electron chi connectivity index (χ1n) is 5.99. The summed E-state index contributed by atoms with van der Waals surface area (Å²) in [5.41, 5.74) is 1.36. The van der Waals surface area contributed by atoms with Gasteiger partial charge in [0.15, 0.2) is 0 Å². The maximum Gasteiger partial charge on any atom is 0.214 e. The second-order valence-electron chi connectivity index (χ2n) is 4.06. The summed E-state index contributed by atoms with van der Waals surface area (Å²) in [5.74, 6) is 0.502. The van der Waals surface area contributed by atoms with Crippen LogP contribution < -0.4 is 4.74 Å². The van der Waals surface area contributed by atoms with Crippen molar-refractivity contribution in [3.63, 3.8) is 0 Å². The number of aromatic nitrogens is 5. The maximum absolute atomic E-state index is 6.21. The molecule has 3 aromatic rings. The molecule has 106 valence electrons. The fraction of sp³-hybridized carbons (Fsp3) is 0.0769. The minimum absolute atomic E-state index is 0.236. The number of hydrogen-bond acceptors (Lipinski definition) is 5. The summed E-state index contributed by atoms with van der Waals surface area (Å²) in [6.45, 7) is 0.236. The third-order valence-electron chi connectivity index (χ3n) is 2.64. The Morgan fingerprint density at radius 1 is 1.33 bits per heavy atom. The van der Waals surface area contributed by atoms with E-state index in [1.54, 1.807) is 35.4 Å². The van der Waals surface area contributed by atoms with Gasteiger partial charge >= 0.3 is 0 Å². The van der Waals surface area contributed by atoms with Crippen LogP contribution in [0.5, 0.6) is 5.88 Å². The first kappa shape index (κ1) is 14.0. The lowest BCUT2D eigenvalue weighted by Crippen LogP contribution is -2.03. The molecule has 0 saturated heterocycles. The van der Waals surface area contributed by atoms with E-state index in [1.165, 1.54) is 0 Å². The first-order chi connectivity index (χ1) is 10.2. The van der Waals surface area contributed by atoms with Crippen molar-refractivity contribution in [1.29, 1.82) is 0 Å². The third kappa shape index (κ3) is 3.37. The van der Waals surface area contributed by atoms with Crippen molar-refractivity contribution in [2.24, 2.45) is 0 Å². The maximum atomic E-state index is 6.21. The molecule has 0 amide bonds. The molecular formula is C13H9BrClN5O. The van der Waals surface area contributed by atoms with Crippen molar-refractivity contribution in [2.75, 3.05) is 0 Å². The summed E-state index contributed by atoms with van der Waals surface area (Å²) in [6, 6.07) is 7.19. The van der Waals surface area contributed by atoms with Crippen LogP contribution in [0.1, 0.15) is 5.69 Å². The molecular weight excluding hydrogens is 358 g/mol. The number of ether oxygens (including phenoxy) is 1. The summed E-state index contributed by atoms with van der Waals surface area (Å²) in [6.07, 6.45) is 4.96. The van der Waals surface area contributed by atoms with E-state index in [0.717, 1.165) is 5.69 Å². The Balaban J connectivity index is 1.74. The summed E-state index contributed by atoms with van der Waals surface area (Å²) < 4.78 is 7.85. The van der Waals surface area contributed by atoms with Gasteiger partial charge in [-0.2, -0.15) is 0 Å². The summed E-state index contributed by atoms with van der Waals surface area (Å²) in [4.78, 5) is 8.46. The number of rotatable bonds is 4. The van der Waals surface area contributed by atoms with Crippen LogP contribution in [-0.2, 0) is 6.61 Å². The van der Waals surface area contributed by atoms with E-state index in [4.69, 9.17) is 16.3 Å². The topological polar surface area (TPSA) is 65.7 Å². The average molecular weight is 367 g/mol. The highest BCUT2D eigenvalue weighted by atomic mass is 79.9. The van der Waals surface area contributed by atoms with Gasteiger partial charge < -0.3 is 4.74 Å². The Labute approximate surface area is 133 Å². The van der Waals surface area contributed by atoms with Gasteiger partial charge in [0.25, 0.3) is 0 Å². The van der Waals surface area contributed by atoms with Gasteiger partial charge in [-0.25, -0.2) is 9.67 Å². The molecule has 3 rings (SSSR count). The molecule has 0 aliphatic heterocycles. The molecule has 0 unspecified atom stereocenters. The lowest BCUT2D eigenvalue weighted by molar-refractivity contribution is 0.289. The SMILES string of the molecule is Clc1cc(-n2ccnn2)cnc1COc1cccc(Br)n1. The second kappa shape index (κ2) is 6.19. The highest BCUT2D eigenvalue weighted by Gasteiger charge is 2.07. The van der Waals surface area contributed by atoms with Crippen molar-refractivity contribution < 1.29 is 4.74 Å². The number of hydrogen-bond donors (Lipinski definition) is 0. The molecule has 0 aromatic carbocycles. The molecule has 0 radical (unpaired) electrons. The molecule has 0 atom stereocenters. The van der Waals surface area contributed by atoms with Crippen LogP contribution in [-0.4, -0.2) is 25.0 Å². The van der Waals surface area contributed by atoms with E-state index in [-0.39, 0.29) is 6.61 Å². The zero-order valence-electron chi connectivity index (χ0n) is 10.6. The molecule has 8 heteroatoms. The van der Waals surface area contributed by atoms with Crippen LogP contribution >= 0.6 is 27.5 Å². The Morgan fingerprint density at radius 3 is 2.95 bits per heavy atom. The lowest BCUT2D eigenvalue weighted by atomic mass is 10.3. The Morgan fingerprint density at radius 2 is 2.24 bits per heavy atom. The largest absolute Gasteiger partial charge is 0.471 e. The molecule has 0 aliphatic rings. The van der Waals surface area contributed by atoms with Crippen LogP contribution in [0.2, 0.25) is 5.02 Å². The van der Waals surface area contributed by atoms with Crippen molar-refractivity contribution in [2.45, 2.75) is 6.61 Å². The van der Waals surface area contributed by atoms with Gasteiger partial charge in [-0.05, 0) is 28.1 Å². The van der Waals surface area contributed by atoms with E-state index < -0.39 is 0 Å². The molecule has 0 aliphatic carbocycles. The predicted molar refractivity (Wildman–Crippen MR) is 80.4 cm³/mol. The molecule has 3 heterocycles. The molecule has 0 bridgehead atoms. The van der Waals surface area contributed by atoms with Gasteiger partial charge in [0.05, 0.1) is 35.0 Å². The van der Waals surface area contributed by atoms with E-state index in [9.17, 15) is 0 Å². The Hall–Kier alpha value is -1.99. The Bertz CT molecular complexity index is 750. The standard InChI is InChI=1S/C13H9BrClN5O/c14-12-2-1-3-13(18-12)21-8-11-10(15)6-9(7-16-11)20-5-4-17-19-20/h1-7H,8H2. The molecule has 6 nitrogen and oxygen atoms in total. The van der Waals surface area contributed by atoms with Crippen LogP contribution in [0.25, 0.3) is 5.69 Å². The fourth-order valence-corrected chi connectivity index (χ4v) is 2.19. The highest BCUT2D eigenvalue weighted by Crippen LogP contribution is 2.19. The summed E-state index contributed by atoms with van der Waals surface area (Å²) in [5, 5.41) is 8.12. The Kier molecular flexibility index (Phi) is 4.12. The van der Waals surface area contributed by atoms with E-state index in [1.807, 2.05) is 12.1 Å². The predicted octanol–water partition coefficient (Wildman–Crippen LogP) is 3.05. The van der Waals surface area contributed by atoms with Crippen LogP contribution in [0.3, 0.4) is 0 Å². The minimum atomic E-state index is 0.236. The zero-order chi connectivity index (χ0) is 14.7. The van der Waals surface area contributed by atoms with E-state index >= 15 is 0 Å². The molecule has 0 N–H and O–H groups in total. The van der Waals surface area contributed by atoms with Crippen LogP contribution in [0, 0.1) is 0 Å². The number of halogens is 2. The first-order valence-corrected chi connectivity index (χ1v) is 7.16. The van der Waals surface area contributed by atoms with Gasteiger partial charge in [0, 0.05) is 6.07 Å². The molecule has 0 fully saturated rings. The quantitative estimate of drug-likeness (QED) is 0.664. The minimum Gasteiger partial charge on any atom is -0.471 e. The van der Waals surface area contributed by atoms with Crippen molar-refractivity contribution in [3.8, 4) is 11.6 Å². The third-order valence-corrected chi connectivity index (χ3v) is 3.41. The van der Waals surface area contributed by atoms with Gasteiger partial charge in [0.2, 0.25) is 5.88 Å². The van der Waals surface area contributed by atoms with Crippen molar-refractivity contribution in [3.05, 3.63) is 58.2 Å². The number of nitrogens with zero attached hydrogens (tertiary/aromatic N) is 5. The average Bonchev–Trinajstić information content (AvgIpc) is 3.00. The number of pyridine rings is 2. The fourth-order valence-electron chi connectivity index (χ4n) is 1.65. The van der Waals surface area contributed by atoms with Crippen LogP contribution in [0.4, 0.5) is 0 Å². The molecule has 3 aromatic heterocycles. The zero-order valence-corrected chi connectivity index (χ0v) is 13.0. The van der Waals surface area contributed by atoms with Gasteiger partial charge in [-0.15, -0.1) is 5.10 Å².